The smallest absolute Gasteiger partial charge is 0.352 e. The monoisotopic (exact) mass is 472 g/mol. The van der Waals surface area contributed by atoms with E-state index in [2.05, 4.69) is 10.4 Å². The van der Waals surface area contributed by atoms with E-state index in [0.29, 0.717) is 22.8 Å². The number of aromatic nitrogens is 3. The molecule has 8 nitrogen and oxygen atoms in total. The molecule has 10 heteroatoms. The molecule has 1 fully saturated rings. The molecule has 4 rings (SSSR count). The Hall–Kier alpha value is -3.30. The molecule has 0 aliphatic carbocycles. The van der Waals surface area contributed by atoms with Crippen LogP contribution in [0, 0.1) is 12.7 Å². The van der Waals surface area contributed by atoms with Crippen LogP contribution in [0.25, 0.3) is 5.69 Å². The van der Waals surface area contributed by atoms with Crippen LogP contribution in [-0.2, 0) is 11.3 Å². The standard InChI is InChI=1S/C23H22ClFN4O4/c1-14-7-8-17(11-19(14)25)29-23(32)28(13-15-4-2-5-16(24)10-15)22(31)20(27-29)21(30)26-12-18-6-3-9-33-18/h2,4-5,7-8,10-11,18H,3,6,9,12-13H2,1H3,(H,26,30)/t18-/m0/s1. The summed E-state index contributed by atoms with van der Waals surface area (Å²) in [5, 5.41) is 7.09. The minimum absolute atomic E-state index is 0.0936. The Morgan fingerprint density at radius 2 is 2.09 bits per heavy atom. The molecule has 2 aromatic carbocycles. The predicted octanol–water partition coefficient (Wildman–Crippen LogP) is 2.45. The number of hydrogen-bond acceptors (Lipinski definition) is 5. The number of carbonyl (C=O) groups excluding carboxylic acids is 1. The van der Waals surface area contributed by atoms with Crippen molar-refractivity contribution in [1.82, 2.24) is 19.7 Å². The van der Waals surface area contributed by atoms with E-state index in [-0.39, 0.29) is 24.9 Å². The van der Waals surface area contributed by atoms with E-state index in [0.717, 1.165) is 28.2 Å². The van der Waals surface area contributed by atoms with Crippen molar-refractivity contribution in [2.75, 3.05) is 13.2 Å². The second-order valence-electron chi connectivity index (χ2n) is 7.84. The topological polar surface area (TPSA) is 95.2 Å². The van der Waals surface area contributed by atoms with Gasteiger partial charge in [-0.3, -0.25) is 14.2 Å². The van der Waals surface area contributed by atoms with Gasteiger partial charge in [0.2, 0.25) is 5.69 Å². The first-order chi connectivity index (χ1) is 15.8. The number of halogens is 2. The van der Waals surface area contributed by atoms with E-state index in [9.17, 15) is 18.8 Å². The zero-order chi connectivity index (χ0) is 23.5. The molecule has 3 aromatic rings. The Bertz CT molecular complexity index is 1310. The average Bonchev–Trinajstić information content (AvgIpc) is 3.31. The maximum absolute atomic E-state index is 14.2. The molecule has 1 aliphatic heterocycles. The molecule has 33 heavy (non-hydrogen) atoms. The second-order valence-corrected chi connectivity index (χ2v) is 8.28. The SMILES string of the molecule is Cc1ccc(-n2nc(C(=O)NC[C@@H]3CCCO3)c(=O)n(Cc3cccc(Cl)c3)c2=O)cc1F. The highest BCUT2D eigenvalue weighted by molar-refractivity contribution is 6.30. The van der Waals surface area contributed by atoms with Crippen molar-refractivity contribution in [1.29, 1.82) is 0 Å². The number of nitrogens with zero attached hydrogens (tertiary/aromatic N) is 3. The second kappa shape index (κ2) is 9.68. The van der Waals surface area contributed by atoms with Crippen molar-refractivity contribution in [3.8, 4) is 5.69 Å². The minimum Gasteiger partial charge on any atom is -0.376 e. The molecule has 0 spiro atoms. The summed E-state index contributed by atoms with van der Waals surface area (Å²) in [6.45, 7) is 2.28. The van der Waals surface area contributed by atoms with Crippen LogP contribution in [0.15, 0.2) is 52.1 Å². The molecule has 1 amide bonds. The summed E-state index contributed by atoms with van der Waals surface area (Å²) in [6, 6.07) is 10.8. The Morgan fingerprint density at radius 1 is 1.27 bits per heavy atom. The van der Waals surface area contributed by atoms with Crippen molar-refractivity contribution in [2.45, 2.75) is 32.4 Å². The molecule has 1 saturated heterocycles. The summed E-state index contributed by atoms with van der Waals surface area (Å²) in [7, 11) is 0. The molecular formula is C23H22ClFN4O4. The fourth-order valence-corrected chi connectivity index (χ4v) is 3.80. The molecule has 1 N–H and O–H groups in total. The first-order valence-electron chi connectivity index (χ1n) is 10.5. The highest BCUT2D eigenvalue weighted by atomic mass is 35.5. The summed E-state index contributed by atoms with van der Waals surface area (Å²) >= 11 is 6.03. The third kappa shape index (κ3) is 5.04. The predicted molar refractivity (Wildman–Crippen MR) is 121 cm³/mol. The summed E-state index contributed by atoms with van der Waals surface area (Å²) in [4.78, 5) is 39.1. The number of hydrogen-bond donors (Lipinski definition) is 1. The summed E-state index contributed by atoms with van der Waals surface area (Å²) in [6.07, 6.45) is 1.56. The highest BCUT2D eigenvalue weighted by Crippen LogP contribution is 2.13. The fourth-order valence-electron chi connectivity index (χ4n) is 3.59. The first kappa shape index (κ1) is 22.9. The molecule has 0 bridgehead atoms. The number of aryl methyl sites for hydroxylation is 1. The van der Waals surface area contributed by atoms with Gasteiger partial charge in [0.15, 0.2) is 0 Å². The van der Waals surface area contributed by atoms with Gasteiger partial charge in [-0.25, -0.2) is 9.18 Å². The normalized spacial score (nSPS) is 15.5. The van der Waals surface area contributed by atoms with Gasteiger partial charge in [-0.05, 0) is 49.1 Å². The summed E-state index contributed by atoms with van der Waals surface area (Å²) < 4.78 is 21.4. The summed E-state index contributed by atoms with van der Waals surface area (Å²) in [5.74, 6) is -1.28. The van der Waals surface area contributed by atoms with E-state index in [1.165, 1.54) is 12.1 Å². The van der Waals surface area contributed by atoms with Gasteiger partial charge in [0.1, 0.15) is 5.82 Å². The lowest BCUT2D eigenvalue weighted by Gasteiger charge is -2.14. The molecule has 172 valence electrons. The molecule has 1 atom stereocenters. The molecule has 1 aliphatic rings. The maximum Gasteiger partial charge on any atom is 0.352 e. The molecular weight excluding hydrogens is 451 g/mol. The van der Waals surface area contributed by atoms with Gasteiger partial charge in [-0.1, -0.05) is 29.8 Å². The molecule has 2 heterocycles. The lowest BCUT2D eigenvalue weighted by Crippen LogP contribution is -2.46. The average molecular weight is 473 g/mol. The van der Waals surface area contributed by atoms with E-state index < -0.39 is 28.7 Å². The van der Waals surface area contributed by atoms with Crippen molar-refractivity contribution >= 4 is 17.5 Å². The lowest BCUT2D eigenvalue weighted by atomic mass is 10.2. The molecule has 0 saturated carbocycles. The summed E-state index contributed by atoms with van der Waals surface area (Å²) in [5.41, 5.74) is -1.08. The zero-order valence-electron chi connectivity index (χ0n) is 17.9. The Balaban J connectivity index is 1.79. The number of ether oxygens (including phenoxy) is 1. The van der Waals surface area contributed by atoms with Crippen LogP contribution in [0.5, 0.6) is 0 Å². The van der Waals surface area contributed by atoms with Crippen LogP contribution in [0.4, 0.5) is 4.39 Å². The van der Waals surface area contributed by atoms with E-state index in [4.69, 9.17) is 16.3 Å². The third-order valence-corrected chi connectivity index (χ3v) is 5.65. The zero-order valence-corrected chi connectivity index (χ0v) is 18.6. The number of carbonyl (C=O) groups is 1. The van der Waals surface area contributed by atoms with Crippen LogP contribution >= 0.6 is 11.6 Å². The van der Waals surface area contributed by atoms with Gasteiger partial charge in [-0.15, -0.1) is 0 Å². The lowest BCUT2D eigenvalue weighted by molar-refractivity contribution is 0.0849. The van der Waals surface area contributed by atoms with Crippen molar-refractivity contribution in [2.24, 2.45) is 0 Å². The van der Waals surface area contributed by atoms with Crippen LogP contribution in [0.1, 0.15) is 34.5 Å². The molecule has 1 aromatic heterocycles. The Morgan fingerprint density at radius 3 is 2.79 bits per heavy atom. The van der Waals surface area contributed by atoms with Crippen LogP contribution < -0.4 is 16.6 Å². The van der Waals surface area contributed by atoms with E-state index >= 15 is 0 Å². The van der Waals surface area contributed by atoms with E-state index in [1.807, 2.05) is 0 Å². The van der Waals surface area contributed by atoms with Gasteiger partial charge >= 0.3 is 5.69 Å². The minimum atomic E-state index is -0.853. The quantitative estimate of drug-likeness (QED) is 0.594. The van der Waals surface area contributed by atoms with E-state index in [1.54, 1.807) is 31.2 Å². The van der Waals surface area contributed by atoms with Crippen LogP contribution in [-0.4, -0.2) is 39.5 Å². The number of benzene rings is 2. The van der Waals surface area contributed by atoms with Gasteiger partial charge in [0, 0.05) is 24.2 Å². The fraction of sp³-hybridized carbons (Fsp3) is 0.304. The van der Waals surface area contributed by atoms with Gasteiger partial charge < -0.3 is 10.1 Å². The van der Waals surface area contributed by atoms with Crippen LogP contribution in [0.2, 0.25) is 5.02 Å². The van der Waals surface area contributed by atoms with Gasteiger partial charge in [-0.2, -0.15) is 9.78 Å². The van der Waals surface area contributed by atoms with Gasteiger partial charge in [0.25, 0.3) is 11.5 Å². The number of nitrogens with one attached hydrogen (secondary N) is 1. The molecule has 0 radical (unpaired) electrons. The number of rotatable bonds is 6. The third-order valence-electron chi connectivity index (χ3n) is 5.42. The maximum atomic E-state index is 14.2. The highest BCUT2D eigenvalue weighted by Gasteiger charge is 2.23. The van der Waals surface area contributed by atoms with Crippen molar-refractivity contribution < 1.29 is 13.9 Å². The van der Waals surface area contributed by atoms with Crippen LogP contribution in [0.3, 0.4) is 0 Å². The first-order valence-corrected chi connectivity index (χ1v) is 10.9. The van der Waals surface area contributed by atoms with Crippen molar-refractivity contribution in [3.05, 3.63) is 91.0 Å². The van der Waals surface area contributed by atoms with Crippen molar-refractivity contribution in [3.63, 3.8) is 0 Å². The number of amides is 1. The van der Waals surface area contributed by atoms with Gasteiger partial charge in [0.05, 0.1) is 18.3 Å². The molecule has 0 unspecified atom stereocenters. The Kier molecular flexibility index (Phi) is 6.71. The Labute approximate surface area is 193 Å². The largest absolute Gasteiger partial charge is 0.376 e.